The molecule has 0 bridgehead atoms. The van der Waals surface area contributed by atoms with Crippen molar-refractivity contribution in [3.05, 3.63) is 0 Å². The molecule has 2 rings (SSSR count). The number of sulfone groups is 1. The van der Waals surface area contributed by atoms with Crippen LogP contribution in [-0.4, -0.2) is 74.1 Å². The molecule has 2 aliphatic heterocycles. The summed E-state index contributed by atoms with van der Waals surface area (Å²) >= 11 is 7.29. The van der Waals surface area contributed by atoms with Crippen LogP contribution in [0.15, 0.2) is 0 Å². The molecule has 21 heavy (non-hydrogen) atoms. The van der Waals surface area contributed by atoms with Gasteiger partial charge in [-0.25, -0.2) is 8.42 Å². The van der Waals surface area contributed by atoms with Crippen LogP contribution in [0.5, 0.6) is 0 Å². The lowest BCUT2D eigenvalue weighted by atomic mass is 10.0. The number of piperidine rings is 1. The maximum absolute atomic E-state index is 12.7. The Balaban J connectivity index is 2.17. The van der Waals surface area contributed by atoms with E-state index in [-0.39, 0.29) is 6.54 Å². The van der Waals surface area contributed by atoms with Gasteiger partial charge >= 0.3 is 0 Å². The summed E-state index contributed by atoms with van der Waals surface area (Å²) in [5, 5.41) is -0.952. The van der Waals surface area contributed by atoms with Crippen molar-refractivity contribution in [1.82, 2.24) is 8.61 Å². The van der Waals surface area contributed by atoms with Crippen LogP contribution in [0.1, 0.15) is 12.8 Å². The molecule has 0 N–H and O–H groups in total. The van der Waals surface area contributed by atoms with Gasteiger partial charge < -0.3 is 0 Å². The number of nitrogens with zero attached hydrogens (tertiary/aromatic N) is 2. The first-order chi connectivity index (χ1) is 9.76. The smallest absolute Gasteiger partial charge is 0.227 e. The normalized spacial score (nSPS) is 27.8. The molecular formula is C11H21ClN2O4S3. The number of rotatable bonds is 4. The maximum atomic E-state index is 12.7. The number of hydrogen-bond donors (Lipinski definition) is 0. The number of hydrogen-bond acceptors (Lipinski definition) is 5. The van der Waals surface area contributed by atoms with Gasteiger partial charge in [0.1, 0.15) is 5.37 Å². The van der Waals surface area contributed by atoms with Crippen LogP contribution >= 0.6 is 23.4 Å². The van der Waals surface area contributed by atoms with Crippen LogP contribution in [-0.2, 0) is 20.0 Å². The zero-order chi connectivity index (χ0) is 15.7. The molecule has 0 aromatic rings. The lowest BCUT2D eigenvalue weighted by molar-refractivity contribution is 0.264. The number of thioether (sulfide) groups is 1. The van der Waals surface area contributed by atoms with Crippen molar-refractivity contribution in [2.24, 2.45) is 5.92 Å². The molecule has 1 unspecified atom stereocenters. The first kappa shape index (κ1) is 17.8. The Morgan fingerprint density at radius 3 is 2.29 bits per heavy atom. The Morgan fingerprint density at radius 1 is 1.14 bits per heavy atom. The van der Waals surface area contributed by atoms with Crippen molar-refractivity contribution in [2.45, 2.75) is 18.2 Å². The van der Waals surface area contributed by atoms with Gasteiger partial charge in [-0.15, -0.1) is 11.6 Å². The van der Waals surface area contributed by atoms with Crippen LogP contribution in [0.25, 0.3) is 0 Å². The van der Waals surface area contributed by atoms with E-state index >= 15 is 0 Å². The topological polar surface area (TPSA) is 74.8 Å². The highest BCUT2D eigenvalue weighted by molar-refractivity contribution is 8.01. The fourth-order valence-electron chi connectivity index (χ4n) is 2.61. The van der Waals surface area contributed by atoms with Crippen LogP contribution in [0, 0.1) is 5.92 Å². The van der Waals surface area contributed by atoms with Crippen LogP contribution in [0.4, 0.5) is 0 Å². The average molecular weight is 377 g/mol. The Morgan fingerprint density at radius 2 is 1.76 bits per heavy atom. The molecule has 2 aliphatic rings. The molecule has 0 radical (unpaired) electrons. The van der Waals surface area contributed by atoms with Crippen LogP contribution in [0.3, 0.4) is 0 Å². The van der Waals surface area contributed by atoms with Crippen molar-refractivity contribution >= 4 is 43.4 Å². The van der Waals surface area contributed by atoms with E-state index in [9.17, 15) is 16.8 Å². The highest BCUT2D eigenvalue weighted by atomic mass is 35.5. The van der Waals surface area contributed by atoms with Crippen LogP contribution < -0.4 is 0 Å². The van der Waals surface area contributed by atoms with E-state index in [0.717, 1.165) is 19.1 Å². The zero-order valence-electron chi connectivity index (χ0n) is 11.9. The third-order valence-corrected chi connectivity index (χ3v) is 9.21. The van der Waals surface area contributed by atoms with Crippen LogP contribution in [0.2, 0.25) is 0 Å². The molecule has 6 nitrogen and oxygen atoms in total. The Labute approximate surface area is 136 Å². The molecule has 10 heteroatoms. The summed E-state index contributed by atoms with van der Waals surface area (Å²) in [6.45, 7) is 1.08. The molecule has 0 aromatic carbocycles. The van der Waals surface area contributed by atoms with E-state index in [4.69, 9.17) is 11.6 Å². The number of alkyl halides is 1. The van der Waals surface area contributed by atoms with E-state index in [1.807, 2.05) is 0 Å². The highest BCUT2D eigenvalue weighted by Crippen LogP contribution is 2.28. The predicted octanol–water partition coefficient (Wildman–Crippen LogP) is 0.601. The van der Waals surface area contributed by atoms with Gasteiger partial charge in [-0.3, -0.25) is 0 Å². The first-order valence-electron chi connectivity index (χ1n) is 6.86. The summed E-state index contributed by atoms with van der Waals surface area (Å²) in [6.07, 6.45) is 2.57. The summed E-state index contributed by atoms with van der Waals surface area (Å²) in [7, 11) is -7.15. The summed E-state index contributed by atoms with van der Waals surface area (Å²) in [6, 6.07) is 0. The minimum absolute atomic E-state index is 0.250. The first-order valence-corrected chi connectivity index (χ1v) is 11.9. The summed E-state index contributed by atoms with van der Waals surface area (Å²) in [5.74, 6) is 1.82. The van der Waals surface area contributed by atoms with Crippen molar-refractivity contribution < 1.29 is 16.8 Å². The van der Waals surface area contributed by atoms with Gasteiger partial charge in [0.05, 0.1) is 0 Å². The van der Waals surface area contributed by atoms with Gasteiger partial charge in [0, 0.05) is 43.3 Å². The van der Waals surface area contributed by atoms with Crippen molar-refractivity contribution in [2.75, 3.05) is 43.3 Å². The molecule has 0 spiro atoms. The zero-order valence-corrected chi connectivity index (χ0v) is 15.1. The van der Waals surface area contributed by atoms with Gasteiger partial charge in [0.25, 0.3) is 10.2 Å². The predicted molar refractivity (Wildman–Crippen MR) is 86.6 cm³/mol. The minimum Gasteiger partial charge on any atom is -0.227 e. The molecule has 0 saturated carbocycles. The standard InChI is InChI=1S/C11H21ClN2O4S3/c1-20(15,16)11-9-19-7-6-14(11)21(17,18)13-4-2-10(8-12)3-5-13/h10-11H,2-9H2,1H3. The number of halogens is 1. The highest BCUT2D eigenvalue weighted by Gasteiger charge is 2.42. The van der Waals surface area contributed by atoms with E-state index in [1.165, 1.54) is 20.4 Å². The second-order valence-electron chi connectivity index (χ2n) is 5.47. The van der Waals surface area contributed by atoms with Crippen molar-refractivity contribution in [3.63, 3.8) is 0 Å². The molecule has 0 aromatic heterocycles. The summed E-state index contributed by atoms with van der Waals surface area (Å²) in [5.41, 5.74) is 0. The Kier molecular flexibility index (Phi) is 5.87. The van der Waals surface area contributed by atoms with E-state index in [1.54, 1.807) is 0 Å². The van der Waals surface area contributed by atoms with Crippen molar-refractivity contribution in [3.8, 4) is 0 Å². The molecule has 1 atom stereocenters. The molecule has 124 valence electrons. The lowest BCUT2D eigenvalue weighted by Crippen LogP contribution is -2.55. The maximum Gasteiger partial charge on any atom is 0.283 e. The SMILES string of the molecule is CS(=O)(=O)C1CSCCN1S(=O)(=O)N1CCC(CCl)CC1. The summed E-state index contributed by atoms with van der Waals surface area (Å²) in [4.78, 5) is 0. The molecule has 0 aliphatic carbocycles. The summed E-state index contributed by atoms with van der Waals surface area (Å²) < 4.78 is 51.8. The molecule has 2 saturated heterocycles. The molecular weight excluding hydrogens is 356 g/mol. The molecule has 2 heterocycles. The van der Waals surface area contributed by atoms with Gasteiger partial charge in [-0.2, -0.15) is 28.8 Å². The Hall–Kier alpha value is 0.460. The average Bonchev–Trinajstić information content (AvgIpc) is 2.46. The third kappa shape index (κ3) is 4.06. The van der Waals surface area contributed by atoms with E-state index < -0.39 is 25.4 Å². The van der Waals surface area contributed by atoms with E-state index in [2.05, 4.69) is 0 Å². The van der Waals surface area contributed by atoms with Gasteiger partial charge in [-0.05, 0) is 18.8 Å². The Bertz CT molecular complexity index is 558. The fraction of sp³-hybridized carbons (Fsp3) is 1.00. The minimum atomic E-state index is -3.72. The van der Waals surface area contributed by atoms with Gasteiger partial charge in [0.15, 0.2) is 9.84 Å². The quantitative estimate of drug-likeness (QED) is 0.672. The second-order valence-corrected chi connectivity index (χ2v) is 11.0. The monoisotopic (exact) mass is 376 g/mol. The lowest BCUT2D eigenvalue weighted by Gasteiger charge is -2.38. The largest absolute Gasteiger partial charge is 0.283 e. The molecule has 2 fully saturated rings. The second kappa shape index (κ2) is 6.92. The van der Waals surface area contributed by atoms with Gasteiger partial charge in [-0.1, -0.05) is 0 Å². The van der Waals surface area contributed by atoms with Crippen molar-refractivity contribution in [1.29, 1.82) is 0 Å². The fourth-order valence-corrected chi connectivity index (χ4v) is 8.27. The third-order valence-electron chi connectivity index (χ3n) is 3.95. The van der Waals surface area contributed by atoms with E-state index in [0.29, 0.717) is 36.4 Å². The molecule has 0 amide bonds. The van der Waals surface area contributed by atoms with Gasteiger partial charge in [0.2, 0.25) is 0 Å².